The number of benzene rings is 1. The SMILES string of the molecule is CCNC(=NCC(OC)c1cccc(Cl)c1)NC1CCC(O)CC1. The minimum absolute atomic E-state index is 0.132. The van der Waals surface area contributed by atoms with Crippen molar-refractivity contribution in [2.45, 2.75) is 50.9 Å². The van der Waals surface area contributed by atoms with Gasteiger partial charge in [0.1, 0.15) is 6.10 Å². The number of guanidine groups is 1. The van der Waals surface area contributed by atoms with Crippen molar-refractivity contribution in [1.29, 1.82) is 0 Å². The molecule has 1 atom stereocenters. The normalized spacial score (nSPS) is 22.9. The van der Waals surface area contributed by atoms with E-state index in [9.17, 15) is 5.11 Å². The second kappa shape index (κ2) is 9.87. The van der Waals surface area contributed by atoms with Gasteiger partial charge in [-0.05, 0) is 50.3 Å². The lowest BCUT2D eigenvalue weighted by Gasteiger charge is -2.27. The van der Waals surface area contributed by atoms with Gasteiger partial charge in [-0.25, -0.2) is 0 Å². The molecule has 24 heavy (non-hydrogen) atoms. The average Bonchev–Trinajstić information content (AvgIpc) is 2.57. The molecular weight excluding hydrogens is 326 g/mol. The van der Waals surface area contributed by atoms with Gasteiger partial charge in [0.15, 0.2) is 5.96 Å². The number of hydrogen-bond donors (Lipinski definition) is 3. The minimum Gasteiger partial charge on any atom is -0.393 e. The highest BCUT2D eigenvalue weighted by atomic mass is 35.5. The molecule has 0 amide bonds. The zero-order chi connectivity index (χ0) is 17.4. The van der Waals surface area contributed by atoms with Crippen molar-refractivity contribution in [3.05, 3.63) is 34.9 Å². The lowest BCUT2D eigenvalue weighted by Crippen LogP contribution is -2.45. The maximum Gasteiger partial charge on any atom is 0.191 e. The predicted octanol–water partition coefficient (Wildman–Crippen LogP) is 2.89. The van der Waals surface area contributed by atoms with Gasteiger partial charge in [-0.15, -0.1) is 0 Å². The first-order chi connectivity index (χ1) is 11.6. The van der Waals surface area contributed by atoms with E-state index in [0.717, 1.165) is 43.8 Å². The monoisotopic (exact) mass is 353 g/mol. The second-order valence-electron chi connectivity index (χ2n) is 6.15. The van der Waals surface area contributed by atoms with Crippen LogP contribution in [0.1, 0.15) is 44.3 Å². The van der Waals surface area contributed by atoms with E-state index >= 15 is 0 Å². The van der Waals surface area contributed by atoms with Crippen LogP contribution in [-0.4, -0.2) is 43.4 Å². The summed E-state index contributed by atoms with van der Waals surface area (Å²) in [7, 11) is 1.68. The molecule has 1 aromatic carbocycles. The summed E-state index contributed by atoms with van der Waals surface area (Å²) in [4.78, 5) is 4.67. The van der Waals surface area contributed by atoms with Crippen LogP contribution in [0.3, 0.4) is 0 Å². The predicted molar refractivity (Wildman–Crippen MR) is 98.6 cm³/mol. The molecule has 134 valence electrons. The fourth-order valence-electron chi connectivity index (χ4n) is 2.93. The lowest BCUT2D eigenvalue weighted by atomic mass is 9.93. The second-order valence-corrected chi connectivity index (χ2v) is 6.59. The summed E-state index contributed by atoms with van der Waals surface area (Å²) in [5.74, 6) is 0.794. The van der Waals surface area contributed by atoms with Gasteiger partial charge in [0.2, 0.25) is 0 Å². The molecule has 0 aromatic heterocycles. The van der Waals surface area contributed by atoms with Crippen molar-refractivity contribution in [3.63, 3.8) is 0 Å². The van der Waals surface area contributed by atoms with E-state index in [1.807, 2.05) is 31.2 Å². The van der Waals surface area contributed by atoms with Gasteiger partial charge < -0.3 is 20.5 Å². The van der Waals surface area contributed by atoms with Crippen molar-refractivity contribution >= 4 is 17.6 Å². The van der Waals surface area contributed by atoms with E-state index < -0.39 is 0 Å². The Morgan fingerprint density at radius 3 is 2.75 bits per heavy atom. The molecule has 1 unspecified atom stereocenters. The molecule has 0 radical (unpaired) electrons. The van der Waals surface area contributed by atoms with Gasteiger partial charge in [0.05, 0.1) is 12.6 Å². The number of ether oxygens (including phenoxy) is 1. The van der Waals surface area contributed by atoms with Crippen molar-refractivity contribution in [1.82, 2.24) is 10.6 Å². The number of aliphatic imine (C=N–C) groups is 1. The van der Waals surface area contributed by atoms with Crippen LogP contribution in [0.2, 0.25) is 5.02 Å². The first-order valence-electron chi connectivity index (χ1n) is 8.63. The molecule has 0 saturated heterocycles. The van der Waals surface area contributed by atoms with Crippen LogP contribution in [0.5, 0.6) is 0 Å². The maximum absolute atomic E-state index is 9.62. The fourth-order valence-corrected chi connectivity index (χ4v) is 3.13. The van der Waals surface area contributed by atoms with E-state index in [2.05, 4.69) is 15.6 Å². The van der Waals surface area contributed by atoms with Crippen LogP contribution in [0.15, 0.2) is 29.3 Å². The molecule has 0 spiro atoms. The van der Waals surface area contributed by atoms with Crippen LogP contribution in [0.4, 0.5) is 0 Å². The van der Waals surface area contributed by atoms with Gasteiger partial charge in [-0.2, -0.15) is 0 Å². The number of nitrogens with one attached hydrogen (secondary N) is 2. The number of rotatable bonds is 6. The zero-order valence-corrected chi connectivity index (χ0v) is 15.2. The maximum atomic E-state index is 9.62. The summed E-state index contributed by atoms with van der Waals surface area (Å²) in [5, 5.41) is 17.1. The number of nitrogens with zero attached hydrogens (tertiary/aromatic N) is 1. The Kier molecular flexibility index (Phi) is 7.82. The van der Waals surface area contributed by atoms with Gasteiger partial charge >= 0.3 is 0 Å². The third kappa shape index (κ3) is 5.96. The van der Waals surface area contributed by atoms with Crippen molar-refractivity contribution < 1.29 is 9.84 Å². The molecule has 5 nitrogen and oxygen atoms in total. The summed E-state index contributed by atoms with van der Waals surface area (Å²) in [6, 6.07) is 8.04. The molecular formula is C18H28ClN3O2. The highest BCUT2D eigenvalue weighted by molar-refractivity contribution is 6.30. The molecule has 1 aliphatic carbocycles. The Bertz CT molecular complexity index is 531. The van der Waals surface area contributed by atoms with E-state index in [1.165, 1.54) is 0 Å². The third-order valence-electron chi connectivity index (χ3n) is 4.30. The van der Waals surface area contributed by atoms with Crippen LogP contribution in [-0.2, 0) is 4.74 Å². The van der Waals surface area contributed by atoms with Crippen LogP contribution in [0.25, 0.3) is 0 Å². The van der Waals surface area contributed by atoms with Gasteiger partial charge in [0.25, 0.3) is 0 Å². The summed E-state index contributed by atoms with van der Waals surface area (Å²) >= 11 is 6.06. The Morgan fingerprint density at radius 1 is 1.38 bits per heavy atom. The Labute approximate surface area is 149 Å². The average molecular weight is 354 g/mol. The molecule has 3 N–H and O–H groups in total. The minimum atomic E-state index is -0.150. The van der Waals surface area contributed by atoms with Crippen molar-refractivity contribution in [2.75, 3.05) is 20.2 Å². The van der Waals surface area contributed by atoms with Gasteiger partial charge in [0, 0.05) is 24.7 Å². The molecule has 1 fully saturated rings. The standard InChI is InChI=1S/C18H28ClN3O2/c1-3-20-18(22-15-7-9-16(23)10-8-15)21-12-17(24-2)13-5-4-6-14(19)11-13/h4-6,11,15-17,23H,3,7-10,12H2,1-2H3,(H2,20,21,22). The quantitative estimate of drug-likeness (QED) is 0.543. The molecule has 0 aliphatic heterocycles. The summed E-state index contributed by atoms with van der Waals surface area (Å²) in [6.45, 7) is 3.37. The molecule has 1 aliphatic rings. The van der Waals surface area contributed by atoms with Crippen LogP contribution >= 0.6 is 11.6 Å². The topological polar surface area (TPSA) is 65.9 Å². The molecule has 0 bridgehead atoms. The smallest absolute Gasteiger partial charge is 0.191 e. The summed E-state index contributed by atoms with van der Waals surface area (Å²) in [5.41, 5.74) is 1.02. The van der Waals surface area contributed by atoms with Gasteiger partial charge in [-0.1, -0.05) is 23.7 Å². The van der Waals surface area contributed by atoms with Crippen molar-refractivity contribution in [3.8, 4) is 0 Å². The van der Waals surface area contributed by atoms with Crippen molar-refractivity contribution in [2.24, 2.45) is 4.99 Å². The van der Waals surface area contributed by atoms with Gasteiger partial charge in [-0.3, -0.25) is 4.99 Å². The van der Waals surface area contributed by atoms with Crippen LogP contribution in [0, 0.1) is 0 Å². The van der Waals surface area contributed by atoms with E-state index in [-0.39, 0.29) is 12.2 Å². The third-order valence-corrected chi connectivity index (χ3v) is 4.54. The molecule has 6 heteroatoms. The molecule has 2 rings (SSSR count). The number of hydrogen-bond acceptors (Lipinski definition) is 3. The highest BCUT2D eigenvalue weighted by Gasteiger charge is 2.20. The molecule has 1 saturated carbocycles. The first kappa shape index (κ1) is 19.0. The number of methoxy groups -OCH3 is 1. The molecule has 1 aromatic rings. The Hall–Kier alpha value is -1.30. The Balaban J connectivity index is 1.98. The lowest BCUT2D eigenvalue weighted by molar-refractivity contribution is 0.110. The van der Waals surface area contributed by atoms with E-state index in [4.69, 9.17) is 16.3 Å². The largest absolute Gasteiger partial charge is 0.393 e. The Morgan fingerprint density at radius 2 is 2.12 bits per heavy atom. The number of aliphatic hydroxyl groups excluding tert-OH is 1. The van der Waals surface area contributed by atoms with E-state index in [1.54, 1.807) is 7.11 Å². The fraction of sp³-hybridized carbons (Fsp3) is 0.611. The summed E-state index contributed by atoms with van der Waals surface area (Å²) in [6.07, 6.45) is 3.34. The van der Waals surface area contributed by atoms with E-state index in [0.29, 0.717) is 17.6 Å². The molecule has 0 heterocycles. The summed E-state index contributed by atoms with van der Waals surface area (Å²) < 4.78 is 5.57. The highest BCUT2D eigenvalue weighted by Crippen LogP contribution is 2.21. The number of aliphatic hydroxyl groups is 1. The number of halogens is 1. The zero-order valence-electron chi connectivity index (χ0n) is 14.5. The first-order valence-corrected chi connectivity index (χ1v) is 9.01. The van der Waals surface area contributed by atoms with Crippen LogP contribution < -0.4 is 10.6 Å².